The largest absolute Gasteiger partial charge is 0.198 e. The monoisotopic (exact) mass is 239 g/mol. The van der Waals surface area contributed by atoms with Crippen LogP contribution >= 0.6 is 0 Å². The third kappa shape index (κ3) is 9.22. The fraction of sp³-hybridized carbons (Fsp3) is 0.938. The van der Waals surface area contributed by atoms with E-state index in [0.717, 1.165) is 6.42 Å². The van der Waals surface area contributed by atoms with Crippen LogP contribution < -0.4 is 0 Å². The number of hydrogen-bond donors (Lipinski definition) is 0. The molecule has 1 atom stereocenters. The molecular weight excluding hydrogens is 206 g/mol. The van der Waals surface area contributed by atoms with E-state index in [0.29, 0.717) is 5.92 Å². The molecule has 0 aromatic heterocycles. The van der Waals surface area contributed by atoms with E-state index in [4.69, 9.17) is 0 Å². The molecule has 0 amide bonds. The maximum Gasteiger partial charge on any atom is 0.0661 e. The smallest absolute Gasteiger partial charge is 0.0661 e. The van der Waals surface area contributed by atoms with E-state index in [1.54, 1.807) is 0 Å². The van der Waals surface area contributed by atoms with Gasteiger partial charge in [0.15, 0.2) is 0 Å². The molecule has 0 aromatic rings. The summed E-state index contributed by atoms with van der Waals surface area (Å²) in [5.74, 6) is 0.866. The first-order valence-corrected chi connectivity index (χ1v) is 6.98. The van der Waals surface area contributed by atoms with E-state index in [1.807, 2.05) is 13.8 Å². The fourth-order valence-electron chi connectivity index (χ4n) is 2.29. The van der Waals surface area contributed by atoms with Gasteiger partial charge in [0.1, 0.15) is 0 Å². The van der Waals surface area contributed by atoms with Gasteiger partial charge in [-0.3, -0.25) is 0 Å². The number of nitriles is 1. The molecule has 0 bridgehead atoms. The second-order valence-electron chi connectivity index (χ2n) is 7.01. The Hall–Kier alpha value is -0.510. The maximum atomic E-state index is 9.21. The van der Waals surface area contributed by atoms with Crippen LogP contribution in [-0.2, 0) is 0 Å². The summed E-state index contributed by atoms with van der Waals surface area (Å²) < 4.78 is 0. The topological polar surface area (TPSA) is 23.8 Å². The number of hydrogen-bond acceptors (Lipinski definition) is 1. The zero-order valence-corrected chi connectivity index (χ0v) is 13.5. The minimum absolute atomic E-state index is 0.100. The molecule has 1 unspecified atom stereocenters. The summed E-state index contributed by atoms with van der Waals surface area (Å²) in [6.07, 6.45) is 2.20. The maximum absolute atomic E-state index is 9.21. The number of nitrogens with zero attached hydrogens (tertiary/aromatic N) is 1. The van der Waals surface area contributed by atoms with Crippen LogP contribution in [0.4, 0.5) is 0 Å². The highest BCUT2D eigenvalue weighted by atomic mass is 14.4. The SMILES string of the molecule is CC.CC(C)CC(C)(C)CC(C#N)C(C)(C)C. The molecule has 0 heterocycles. The zero-order chi connectivity index (χ0) is 14.3. The lowest BCUT2D eigenvalue weighted by Crippen LogP contribution is -2.26. The molecule has 0 radical (unpaired) electrons. The van der Waals surface area contributed by atoms with Gasteiger partial charge in [0.05, 0.1) is 12.0 Å². The Bertz CT molecular complexity index is 225. The number of rotatable bonds is 4. The van der Waals surface area contributed by atoms with Crippen LogP contribution in [0.25, 0.3) is 0 Å². The minimum atomic E-state index is 0.100. The predicted molar refractivity (Wildman–Crippen MR) is 77.8 cm³/mol. The van der Waals surface area contributed by atoms with E-state index in [1.165, 1.54) is 6.42 Å². The first-order valence-electron chi connectivity index (χ1n) is 6.98. The van der Waals surface area contributed by atoms with Crippen LogP contribution in [-0.4, -0.2) is 0 Å². The molecular formula is C16H33N. The molecule has 0 saturated heterocycles. The average Bonchev–Trinajstić information content (AvgIpc) is 2.13. The standard InChI is InChI=1S/C14H27N.C2H6/c1-11(2)8-14(6,7)9-12(10-15)13(3,4)5;1-2/h11-12H,8-9H2,1-7H3;1-2H3. The lowest BCUT2D eigenvalue weighted by Gasteiger charge is -2.34. The van der Waals surface area contributed by atoms with Crippen molar-refractivity contribution in [3.05, 3.63) is 0 Å². The summed E-state index contributed by atoms with van der Waals surface area (Å²) in [5.41, 5.74) is 0.380. The second-order valence-corrected chi connectivity index (χ2v) is 7.01. The van der Waals surface area contributed by atoms with Gasteiger partial charge in [0, 0.05) is 0 Å². The summed E-state index contributed by atoms with van der Waals surface area (Å²) in [6.45, 7) is 19.5. The van der Waals surface area contributed by atoms with Crippen molar-refractivity contribution >= 4 is 0 Å². The van der Waals surface area contributed by atoms with Crippen LogP contribution in [0.3, 0.4) is 0 Å². The molecule has 1 heteroatoms. The highest BCUT2D eigenvalue weighted by Gasteiger charge is 2.31. The molecule has 0 aliphatic carbocycles. The van der Waals surface area contributed by atoms with Crippen LogP contribution in [0.2, 0.25) is 0 Å². The average molecular weight is 239 g/mol. The van der Waals surface area contributed by atoms with Crippen molar-refractivity contribution in [3.8, 4) is 6.07 Å². The minimum Gasteiger partial charge on any atom is -0.198 e. The molecule has 17 heavy (non-hydrogen) atoms. The summed E-state index contributed by atoms with van der Waals surface area (Å²) in [6, 6.07) is 2.47. The Kier molecular flexibility index (Phi) is 8.59. The summed E-state index contributed by atoms with van der Waals surface area (Å²) >= 11 is 0. The third-order valence-electron chi connectivity index (χ3n) is 2.92. The molecule has 0 aromatic carbocycles. The van der Waals surface area contributed by atoms with E-state index in [2.05, 4.69) is 54.5 Å². The molecule has 102 valence electrons. The first kappa shape index (κ1) is 18.8. The van der Waals surface area contributed by atoms with Gasteiger partial charge in [-0.25, -0.2) is 0 Å². The summed E-state index contributed by atoms with van der Waals surface area (Å²) in [7, 11) is 0. The van der Waals surface area contributed by atoms with Gasteiger partial charge in [0.2, 0.25) is 0 Å². The fourth-order valence-corrected chi connectivity index (χ4v) is 2.29. The molecule has 0 spiro atoms. The highest BCUT2D eigenvalue weighted by Crippen LogP contribution is 2.39. The second kappa shape index (κ2) is 7.75. The van der Waals surface area contributed by atoms with Gasteiger partial charge < -0.3 is 0 Å². The van der Waals surface area contributed by atoms with Crippen molar-refractivity contribution < 1.29 is 0 Å². The summed E-state index contributed by atoms with van der Waals surface area (Å²) in [4.78, 5) is 0. The summed E-state index contributed by atoms with van der Waals surface area (Å²) in [5, 5.41) is 9.21. The molecule has 1 nitrogen and oxygen atoms in total. The van der Waals surface area contributed by atoms with Crippen LogP contribution in [0.5, 0.6) is 0 Å². The lowest BCUT2D eigenvalue weighted by atomic mass is 9.70. The van der Waals surface area contributed by atoms with Crippen LogP contribution in [0, 0.1) is 34.0 Å². The van der Waals surface area contributed by atoms with Gasteiger partial charge in [-0.1, -0.05) is 62.3 Å². The van der Waals surface area contributed by atoms with Crippen molar-refractivity contribution in [2.45, 2.75) is 75.2 Å². The van der Waals surface area contributed by atoms with Crippen molar-refractivity contribution in [2.24, 2.45) is 22.7 Å². The van der Waals surface area contributed by atoms with Crippen molar-refractivity contribution in [1.82, 2.24) is 0 Å². The highest BCUT2D eigenvalue weighted by molar-refractivity contribution is 4.94. The molecule has 0 saturated carbocycles. The molecule has 0 aliphatic heterocycles. The van der Waals surface area contributed by atoms with Gasteiger partial charge >= 0.3 is 0 Å². The van der Waals surface area contributed by atoms with Crippen molar-refractivity contribution in [2.75, 3.05) is 0 Å². The van der Waals surface area contributed by atoms with E-state index < -0.39 is 0 Å². The van der Waals surface area contributed by atoms with Crippen molar-refractivity contribution in [1.29, 1.82) is 5.26 Å². The van der Waals surface area contributed by atoms with Crippen molar-refractivity contribution in [3.63, 3.8) is 0 Å². The third-order valence-corrected chi connectivity index (χ3v) is 2.92. The Balaban J connectivity index is 0. The zero-order valence-electron chi connectivity index (χ0n) is 13.5. The first-order chi connectivity index (χ1) is 7.58. The van der Waals surface area contributed by atoms with Gasteiger partial charge in [-0.15, -0.1) is 0 Å². The van der Waals surface area contributed by atoms with Gasteiger partial charge in [0.25, 0.3) is 0 Å². The lowest BCUT2D eigenvalue weighted by molar-refractivity contribution is 0.174. The van der Waals surface area contributed by atoms with Crippen LogP contribution in [0.1, 0.15) is 75.2 Å². The predicted octanol–water partition coefficient (Wildman–Crippen LogP) is 5.66. The van der Waals surface area contributed by atoms with E-state index in [-0.39, 0.29) is 16.7 Å². The molecule has 0 fully saturated rings. The Labute approximate surface area is 110 Å². The normalized spacial score (nSPS) is 13.7. The Morgan fingerprint density at radius 1 is 0.941 bits per heavy atom. The van der Waals surface area contributed by atoms with Gasteiger partial charge in [-0.2, -0.15) is 5.26 Å². The molecule has 0 N–H and O–H groups in total. The van der Waals surface area contributed by atoms with Crippen LogP contribution in [0.15, 0.2) is 0 Å². The van der Waals surface area contributed by atoms with Gasteiger partial charge in [-0.05, 0) is 29.6 Å². The van der Waals surface area contributed by atoms with E-state index in [9.17, 15) is 5.26 Å². The Morgan fingerprint density at radius 2 is 1.35 bits per heavy atom. The molecule has 0 rings (SSSR count). The molecule has 0 aliphatic rings. The quantitative estimate of drug-likeness (QED) is 0.621. The Morgan fingerprint density at radius 3 is 1.59 bits per heavy atom. The van der Waals surface area contributed by atoms with E-state index >= 15 is 0 Å².